The van der Waals surface area contributed by atoms with Gasteiger partial charge in [-0.2, -0.15) is 0 Å². The van der Waals surface area contributed by atoms with E-state index in [1.165, 1.54) is 5.56 Å². The van der Waals surface area contributed by atoms with Gasteiger partial charge in [-0.25, -0.2) is 4.99 Å². The summed E-state index contributed by atoms with van der Waals surface area (Å²) < 4.78 is 10.8. The number of nitrogens with one attached hydrogen (secondary N) is 2. The molecule has 3 N–H and O–H groups in total. The van der Waals surface area contributed by atoms with Gasteiger partial charge in [0.15, 0.2) is 5.96 Å². The third-order valence-electron chi connectivity index (χ3n) is 4.35. The molecule has 0 saturated carbocycles. The Labute approximate surface area is 184 Å². The Morgan fingerprint density at radius 2 is 2.00 bits per heavy atom. The molecule has 0 aliphatic rings. The lowest BCUT2D eigenvalue weighted by Crippen LogP contribution is -2.39. The molecule has 0 aliphatic heterocycles. The van der Waals surface area contributed by atoms with Gasteiger partial charge in [-0.15, -0.1) is 24.0 Å². The Balaban J connectivity index is 0.00000392. The largest absolute Gasteiger partial charge is 0.497 e. The molecule has 2 aromatic rings. The number of hydrogen-bond donors (Lipinski definition) is 3. The maximum Gasteiger partial charge on any atom is 0.191 e. The fourth-order valence-electron chi connectivity index (χ4n) is 2.98. The average Bonchev–Trinajstić information content (AvgIpc) is 2.99. The fraction of sp³-hybridized carbons (Fsp3) is 0.476. The summed E-state index contributed by atoms with van der Waals surface area (Å²) in [5.41, 5.74) is 0.877. The van der Waals surface area contributed by atoms with Gasteiger partial charge in [0, 0.05) is 18.7 Å². The average molecular weight is 501 g/mol. The normalized spacial score (nSPS) is 13.4. The van der Waals surface area contributed by atoms with Crippen molar-refractivity contribution in [3.8, 4) is 5.75 Å². The van der Waals surface area contributed by atoms with Crippen LogP contribution >= 0.6 is 24.0 Å². The van der Waals surface area contributed by atoms with Crippen LogP contribution in [0.1, 0.15) is 36.5 Å². The van der Waals surface area contributed by atoms with Crippen molar-refractivity contribution in [1.29, 1.82) is 0 Å². The quantitative estimate of drug-likeness (QED) is 0.293. The highest BCUT2D eigenvalue weighted by atomic mass is 127. The Kier molecular flexibility index (Phi) is 9.81. The molecule has 7 heteroatoms. The second-order valence-electron chi connectivity index (χ2n) is 6.82. The Bertz CT molecular complexity index is 772. The molecule has 156 valence electrons. The fourth-order valence-corrected chi connectivity index (χ4v) is 2.98. The van der Waals surface area contributed by atoms with Crippen LogP contribution in [0.15, 0.2) is 39.7 Å². The number of halogens is 1. The van der Waals surface area contributed by atoms with Crippen molar-refractivity contribution in [2.24, 2.45) is 4.99 Å². The molecule has 0 radical (unpaired) electrons. The first-order valence-electron chi connectivity index (χ1n) is 9.30. The molecule has 2 rings (SSSR count). The molecular formula is C21H32IN3O3. The van der Waals surface area contributed by atoms with Crippen LogP contribution in [-0.4, -0.2) is 37.8 Å². The van der Waals surface area contributed by atoms with Crippen molar-refractivity contribution in [1.82, 2.24) is 10.6 Å². The molecule has 28 heavy (non-hydrogen) atoms. The molecule has 0 saturated heterocycles. The lowest BCUT2D eigenvalue weighted by molar-refractivity contribution is 0.0657. The number of nitrogens with zero attached hydrogens (tertiary/aromatic N) is 1. The number of methoxy groups -OCH3 is 1. The van der Waals surface area contributed by atoms with Gasteiger partial charge >= 0.3 is 0 Å². The van der Waals surface area contributed by atoms with Crippen molar-refractivity contribution in [2.75, 3.05) is 26.7 Å². The van der Waals surface area contributed by atoms with Gasteiger partial charge in [0.25, 0.3) is 0 Å². The van der Waals surface area contributed by atoms with Crippen LogP contribution in [0.4, 0.5) is 0 Å². The predicted octanol–water partition coefficient (Wildman–Crippen LogP) is 3.53. The zero-order valence-electron chi connectivity index (χ0n) is 17.3. The van der Waals surface area contributed by atoms with E-state index in [2.05, 4.69) is 21.7 Å². The molecular weight excluding hydrogens is 469 g/mol. The summed E-state index contributed by atoms with van der Waals surface area (Å²) in [5.74, 6) is 3.05. The second-order valence-corrected chi connectivity index (χ2v) is 6.82. The van der Waals surface area contributed by atoms with Crippen LogP contribution in [0.2, 0.25) is 0 Å². The molecule has 1 atom stereocenters. The lowest BCUT2D eigenvalue weighted by Gasteiger charge is -2.21. The molecule has 0 aliphatic carbocycles. The second kappa shape index (κ2) is 11.3. The minimum atomic E-state index is -1.09. The van der Waals surface area contributed by atoms with Crippen LogP contribution in [-0.2, 0) is 12.0 Å². The topological polar surface area (TPSA) is 79.0 Å². The summed E-state index contributed by atoms with van der Waals surface area (Å²) in [6.07, 6.45) is 0.845. The van der Waals surface area contributed by atoms with E-state index >= 15 is 0 Å². The zero-order chi connectivity index (χ0) is 19.9. The van der Waals surface area contributed by atoms with Crippen LogP contribution in [0.5, 0.6) is 5.75 Å². The third kappa shape index (κ3) is 7.01. The zero-order valence-corrected chi connectivity index (χ0v) is 19.7. The van der Waals surface area contributed by atoms with Gasteiger partial charge in [-0.1, -0.05) is 12.1 Å². The number of ether oxygens (including phenoxy) is 1. The van der Waals surface area contributed by atoms with Gasteiger partial charge in [-0.05, 0) is 57.9 Å². The summed E-state index contributed by atoms with van der Waals surface area (Å²) in [4.78, 5) is 4.55. The van der Waals surface area contributed by atoms with Gasteiger partial charge in [0.1, 0.15) is 22.9 Å². The molecule has 1 aromatic carbocycles. The van der Waals surface area contributed by atoms with Crippen molar-refractivity contribution in [3.63, 3.8) is 0 Å². The van der Waals surface area contributed by atoms with Crippen molar-refractivity contribution >= 4 is 29.9 Å². The monoisotopic (exact) mass is 501 g/mol. The number of guanidine groups is 1. The van der Waals surface area contributed by atoms with E-state index in [-0.39, 0.29) is 30.5 Å². The Hall–Kier alpha value is -1.74. The van der Waals surface area contributed by atoms with Gasteiger partial charge in [-0.3, -0.25) is 0 Å². The summed E-state index contributed by atoms with van der Waals surface area (Å²) in [7, 11) is 1.67. The van der Waals surface area contributed by atoms with Crippen LogP contribution < -0.4 is 15.4 Å². The molecule has 0 spiro atoms. The van der Waals surface area contributed by atoms with E-state index in [4.69, 9.17) is 9.15 Å². The van der Waals surface area contributed by atoms with Crippen LogP contribution in [0.25, 0.3) is 0 Å². The third-order valence-corrected chi connectivity index (χ3v) is 4.35. The Morgan fingerprint density at radius 1 is 1.25 bits per heavy atom. The molecule has 0 bridgehead atoms. The van der Waals surface area contributed by atoms with Crippen LogP contribution in [0.3, 0.4) is 0 Å². The van der Waals surface area contributed by atoms with E-state index in [1.807, 2.05) is 45.0 Å². The first kappa shape index (κ1) is 24.3. The number of aryl methyl sites for hydroxylation is 2. The first-order chi connectivity index (χ1) is 12.9. The highest BCUT2D eigenvalue weighted by Gasteiger charge is 2.27. The van der Waals surface area contributed by atoms with Gasteiger partial charge in [0.05, 0.1) is 13.7 Å². The SMILES string of the molecule is CCNC(=NCC(C)(O)c1cc(C)oc1C)NCCc1cccc(OC)c1.I. The summed E-state index contributed by atoms with van der Waals surface area (Å²) in [6, 6.07) is 9.89. The number of furan rings is 1. The number of aliphatic hydroxyl groups is 1. The molecule has 0 amide bonds. The van der Waals surface area contributed by atoms with Gasteiger partial charge < -0.3 is 24.9 Å². The Morgan fingerprint density at radius 3 is 2.61 bits per heavy atom. The number of rotatable bonds is 8. The maximum atomic E-state index is 10.8. The number of benzene rings is 1. The molecule has 0 fully saturated rings. The van der Waals surface area contributed by atoms with Gasteiger partial charge in [0.2, 0.25) is 0 Å². The number of aliphatic imine (C=N–C) groups is 1. The van der Waals surface area contributed by atoms with E-state index < -0.39 is 5.60 Å². The standard InChI is InChI=1S/C21H31N3O3.HI/c1-6-22-20(23-11-10-17-8-7-9-18(13-17)26-5)24-14-21(4,25)19-12-15(2)27-16(19)3;/h7-9,12-13,25H,6,10-11,14H2,1-5H3,(H2,22,23,24);1H. The van der Waals surface area contributed by atoms with Crippen molar-refractivity contribution < 1.29 is 14.3 Å². The summed E-state index contributed by atoms with van der Waals surface area (Å²) >= 11 is 0. The maximum absolute atomic E-state index is 10.8. The number of hydrogen-bond acceptors (Lipinski definition) is 4. The predicted molar refractivity (Wildman–Crippen MR) is 124 cm³/mol. The van der Waals surface area contributed by atoms with E-state index in [0.29, 0.717) is 5.96 Å². The van der Waals surface area contributed by atoms with Crippen molar-refractivity contribution in [3.05, 3.63) is 53.0 Å². The minimum Gasteiger partial charge on any atom is -0.497 e. The highest BCUT2D eigenvalue weighted by molar-refractivity contribution is 14.0. The molecule has 1 aromatic heterocycles. The molecule has 6 nitrogen and oxygen atoms in total. The van der Waals surface area contributed by atoms with Crippen molar-refractivity contribution in [2.45, 2.75) is 39.7 Å². The minimum absolute atomic E-state index is 0. The summed E-state index contributed by atoms with van der Waals surface area (Å²) in [5, 5.41) is 17.4. The van der Waals surface area contributed by atoms with E-state index in [0.717, 1.165) is 42.3 Å². The highest BCUT2D eigenvalue weighted by Crippen LogP contribution is 2.27. The van der Waals surface area contributed by atoms with Crippen LogP contribution in [0, 0.1) is 13.8 Å². The lowest BCUT2D eigenvalue weighted by atomic mass is 9.96. The first-order valence-corrected chi connectivity index (χ1v) is 9.30. The smallest absolute Gasteiger partial charge is 0.191 e. The molecule has 1 unspecified atom stereocenters. The van der Waals surface area contributed by atoms with E-state index in [1.54, 1.807) is 14.0 Å². The van der Waals surface area contributed by atoms with E-state index in [9.17, 15) is 5.11 Å². The summed E-state index contributed by atoms with van der Waals surface area (Å²) in [6.45, 7) is 9.22. The molecule has 1 heterocycles.